The van der Waals surface area contributed by atoms with Crippen LogP contribution in [0.25, 0.3) is 0 Å². The Morgan fingerprint density at radius 1 is 1.40 bits per heavy atom. The maximum atomic E-state index is 11.9. The first-order valence-corrected chi connectivity index (χ1v) is 7.08. The van der Waals surface area contributed by atoms with Gasteiger partial charge in [-0.25, -0.2) is 4.98 Å². The van der Waals surface area contributed by atoms with Crippen molar-refractivity contribution < 1.29 is 9.53 Å². The lowest BCUT2D eigenvalue weighted by atomic mass is 10.2. The van der Waals surface area contributed by atoms with E-state index < -0.39 is 0 Å². The number of hydrogen-bond donors (Lipinski definition) is 1. The van der Waals surface area contributed by atoms with Crippen molar-refractivity contribution in [3.05, 3.63) is 28.5 Å². The average molecular weight is 300 g/mol. The van der Waals surface area contributed by atoms with Gasteiger partial charge in [0.05, 0.1) is 13.2 Å². The maximum absolute atomic E-state index is 11.9. The lowest BCUT2D eigenvalue weighted by Gasteiger charge is -2.10. The van der Waals surface area contributed by atoms with E-state index in [4.69, 9.17) is 16.3 Å². The number of halogens is 1. The largest absolute Gasteiger partial charge is 0.378 e. The van der Waals surface area contributed by atoms with Crippen molar-refractivity contribution in [3.63, 3.8) is 0 Å². The number of likely N-dealkylation sites (N-methyl/N-ethyl adjacent to an activating group) is 1. The van der Waals surface area contributed by atoms with Crippen LogP contribution in [0.2, 0.25) is 5.15 Å². The Kier molecular flexibility index (Phi) is 7.51. The average Bonchev–Trinajstić information content (AvgIpc) is 2.41. The molecular weight excluding hydrogens is 278 g/mol. The Balaban J connectivity index is 2.34. The number of pyridine rings is 1. The number of amides is 1. The van der Waals surface area contributed by atoms with Crippen molar-refractivity contribution in [2.75, 3.05) is 40.4 Å². The second-order valence-corrected chi connectivity index (χ2v) is 5.08. The summed E-state index contributed by atoms with van der Waals surface area (Å²) in [4.78, 5) is 18.1. The van der Waals surface area contributed by atoms with Crippen LogP contribution in [0.3, 0.4) is 0 Å². The molecule has 1 heterocycles. The summed E-state index contributed by atoms with van der Waals surface area (Å²) in [6.07, 6.45) is 0.745. The number of hydrogen-bond acceptors (Lipinski definition) is 4. The lowest BCUT2D eigenvalue weighted by molar-refractivity contribution is 0.0900. The van der Waals surface area contributed by atoms with E-state index in [1.54, 1.807) is 12.1 Å². The molecule has 0 aliphatic heterocycles. The molecule has 0 atom stereocenters. The highest BCUT2D eigenvalue weighted by Crippen LogP contribution is 2.11. The van der Waals surface area contributed by atoms with Crippen LogP contribution >= 0.6 is 11.6 Å². The Morgan fingerprint density at radius 2 is 2.15 bits per heavy atom. The molecule has 112 valence electrons. The molecule has 0 saturated carbocycles. The van der Waals surface area contributed by atoms with Gasteiger partial charge in [0.1, 0.15) is 5.15 Å². The van der Waals surface area contributed by atoms with Gasteiger partial charge in [0.25, 0.3) is 5.91 Å². The Morgan fingerprint density at radius 3 is 2.80 bits per heavy atom. The van der Waals surface area contributed by atoms with Gasteiger partial charge in [-0.2, -0.15) is 0 Å². The van der Waals surface area contributed by atoms with E-state index in [-0.39, 0.29) is 5.91 Å². The molecule has 0 aliphatic carbocycles. The molecule has 0 aliphatic rings. The predicted octanol–water partition coefficient (Wildman–Crippen LogP) is 1.61. The van der Waals surface area contributed by atoms with Crippen molar-refractivity contribution in [2.45, 2.75) is 13.3 Å². The zero-order chi connectivity index (χ0) is 15.0. The Labute approximate surface area is 125 Å². The minimum absolute atomic E-state index is 0.153. The van der Waals surface area contributed by atoms with Gasteiger partial charge in [0.15, 0.2) is 0 Å². The zero-order valence-electron chi connectivity index (χ0n) is 12.3. The fourth-order valence-electron chi connectivity index (χ4n) is 1.55. The highest BCUT2D eigenvalue weighted by atomic mass is 35.5. The number of carbonyl (C=O) groups is 1. The minimum atomic E-state index is -0.153. The van der Waals surface area contributed by atoms with Crippen molar-refractivity contribution in [1.82, 2.24) is 15.2 Å². The van der Waals surface area contributed by atoms with E-state index in [0.29, 0.717) is 30.5 Å². The zero-order valence-corrected chi connectivity index (χ0v) is 13.0. The summed E-state index contributed by atoms with van der Waals surface area (Å²) in [5.74, 6) is -0.153. The highest BCUT2D eigenvalue weighted by molar-refractivity contribution is 6.29. The molecule has 1 aromatic heterocycles. The van der Waals surface area contributed by atoms with E-state index >= 15 is 0 Å². The third-order valence-electron chi connectivity index (χ3n) is 2.69. The van der Waals surface area contributed by atoms with Crippen LogP contribution in [-0.2, 0) is 11.2 Å². The van der Waals surface area contributed by atoms with Crippen LogP contribution in [-0.4, -0.2) is 56.2 Å². The van der Waals surface area contributed by atoms with E-state index in [9.17, 15) is 4.79 Å². The highest BCUT2D eigenvalue weighted by Gasteiger charge is 2.08. The molecular formula is C14H22ClN3O2. The minimum Gasteiger partial charge on any atom is -0.378 e. The third-order valence-corrected chi connectivity index (χ3v) is 2.88. The number of nitrogens with one attached hydrogen (secondary N) is 1. The number of carbonyl (C=O) groups excluding carboxylic acids is 1. The summed E-state index contributed by atoms with van der Waals surface area (Å²) < 4.78 is 5.40. The smallest absolute Gasteiger partial charge is 0.251 e. The SMILES string of the molecule is CCc1cc(C(=O)NCCOCCN(C)C)cc(Cl)n1. The first kappa shape index (κ1) is 16.9. The first-order chi connectivity index (χ1) is 9.52. The quantitative estimate of drug-likeness (QED) is 0.585. The lowest BCUT2D eigenvalue weighted by Crippen LogP contribution is -2.28. The number of nitrogens with zero attached hydrogens (tertiary/aromatic N) is 2. The van der Waals surface area contributed by atoms with Gasteiger partial charge in [0.2, 0.25) is 0 Å². The summed E-state index contributed by atoms with van der Waals surface area (Å²) in [5.41, 5.74) is 1.35. The molecule has 20 heavy (non-hydrogen) atoms. The molecule has 1 N–H and O–H groups in total. The van der Waals surface area contributed by atoms with Gasteiger partial charge in [-0.1, -0.05) is 18.5 Å². The second-order valence-electron chi connectivity index (χ2n) is 4.69. The van der Waals surface area contributed by atoms with Crippen LogP contribution < -0.4 is 5.32 Å². The topological polar surface area (TPSA) is 54.5 Å². The van der Waals surface area contributed by atoms with Gasteiger partial charge in [-0.05, 0) is 32.6 Å². The summed E-state index contributed by atoms with van der Waals surface area (Å²) in [7, 11) is 3.98. The molecule has 1 amide bonds. The third kappa shape index (κ3) is 6.32. The molecule has 0 unspecified atom stereocenters. The van der Waals surface area contributed by atoms with Gasteiger partial charge in [0, 0.05) is 24.3 Å². The first-order valence-electron chi connectivity index (χ1n) is 6.70. The molecule has 1 rings (SSSR count). The molecule has 5 nitrogen and oxygen atoms in total. The number of aryl methyl sites for hydroxylation is 1. The molecule has 0 spiro atoms. The molecule has 0 aromatic carbocycles. The number of ether oxygens (including phenoxy) is 1. The van der Waals surface area contributed by atoms with Crippen molar-refractivity contribution >= 4 is 17.5 Å². The normalized spacial score (nSPS) is 10.8. The van der Waals surface area contributed by atoms with Gasteiger partial charge >= 0.3 is 0 Å². The summed E-state index contributed by atoms with van der Waals surface area (Å²) in [5, 5.41) is 3.15. The van der Waals surface area contributed by atoms with Crippen molar-refractivity contribution in [1.29, 1.82) is 0 Å². The van der Waals surface area contributed by atoms with Gasteiger partial charge in [-0.15, -0.1) is 0 Å². The summed E-state index contributed by atoms with van der Waals surface area (Å²) >= 11 is 5.88. The van der Waals surface area contributed by atoms with Crippen LogP contribution in [0.4, 0.5) is 0 Å². The van der Waals surface area contributed by atoms with Gasteiger partial charge < -0.3 is 15.0 Å². The molecule has 0 saturated heterocycles. The van der Waals surface area contributed by atoms with Gasteiger partial charge in [-0.3, -0.25) is 4.79 Å². The standard InChI is InChI=1S/C14H22ClN3O2/c1-4-12-9-11(10-13(15)17-12)14(19)16-5-7-20-8-6-18(2)3/h9-10H,4-8H2,1-3H3,(H,16,19). The predicted molar refractivity (Wildman–Crippen MR) is 80.3 cm³/mol. The van der Waals surface area contributed by atoms with Crippen molar-refractivity contribution in [2.24, 2.45) is 0 Å². The van der Waals surface area contributed by atoms with E-state index in [1.165, 1.54) is 0 Å². The Hall–Kier alpha value is -1.17. The summed E-state index contributed by atoms with van der Waals surface area (Å²) in [6.45, 7) is 4.48. The number of rotatable bonds is 8. The second kappa shape index (κ2) is 8.89. The van der Waals surface area contributed by atoms with E-state index in [1.807, 2.05) is 25.9 Å². The van der Waals surface area contributed by atoms with Crippen LogP contribution in [0.5, 0.6) is 0 Å². The molecule has 0 bridgehead atoms. The fourth-order valence-corrected chi connectivity index (χ4v) is 1.78. The molecule has 6 heteroatoms. The maximum Gasteiger partial charge on any atom is 0.251 e. The molecule has 1 aromatic rings. The van der Waals surface area contributed by atoms with Crippen molar-refractivity contribution in [3.8, 4) is 0 Å². The number of aromatic nitrogens is 1. The van der Waals surface area contributed by atoms with Crippen LogP contribution in [0.1, 0.15) is 23.0 Å². The van der Waals surface area contributed by atoms with Crippen LogP contribution in [0, 0.1) is 0 Å². The summed E-state index contributed by atoms with van der Waals surface area (Å²) in [6, 6.07) is 3.33. The molecule has 0 radical (unpaired) electrons. The molecule has 0 fully saturated rings. The Bertz CT molecular complexity index is 438. The van der Waals surface area contributed by atoms with E-state index in [0.717, 1.165) is 18.7 Å². The fraction of sp³-hybridized carbons (Fsp3) is 0.571. The van der Waals surface area contributed by atoms with Crippen LogP contribution in [0.15, 0.2) is 12.1 Å². The van der Waals surface area contributed by atoms with E-state index in [2.05, 4.69) is 10.3 Å². The monoisotopic (exact) mass is 299 g/mol.